The van der Waals surface area contributed by atoms with Gasteiger partial charge in [0.25, 0.3) is 15.9 Å². The molecule has 1 atom stereocenters. The number of ether oxygens (including phenoxy) is 2. The number of nitrogens with one attached hydrogen (secondary N) is 3. The van der Waals surface area contributed by atoms with Gasteiger partial charge in [-0.05, 0) is 49.6 Å². The molecule has 12 nitrogen and oxygen atoms in total. The number of H-pyrrole nitrogens is 1. The molecular formula is C27H27F3N6O6S. The highest BCUT2D eigenvalue weighted by Gasteiger charge is 2.27. The molecule has 1 saturated heterocycles. The van der Waals surface area contributed by atoms with Crippen molar-refractivity contribution in [1.29, 1.82) is 0 Å². The molecule has 5 rings (SSSR count). The van der Waals surface area contributed by atoms with Gasteiger partial charge in [0, 0.05) is 30.8 Å². The highest BCUT2D eigenvalue weighted by atomic mass is 32.2. The van der Waals surface area contributed by atoms with Crippen LogP contribution in [0.4, 0.5) is 30.5 Å². The first-order valence-electron chi connectivity index (χ1n) is 13.1. The molecule has 43 heavy (non-hydrogen) atoms. The van der Waals surface area contributed by atoms with E-state index in [9.17, 15) is 26.4 Å². The lowest BCUT2D eigenvalue weighted by molar-refractivity contribution is 0.0791. The van der Waals surface area contributed by atoms with E-state index in [0.29, 0.717) is 24.5 Å². The van der Waals surface area contributed by atoms with E-state index in [1.807, 2.05) is 4.72 Å². The molecule has 1 amide bonds. The SMILES string of the molecule is CC(Oc1cc(-c2[nH]nc(Nc3cc(C4CCOCC4)on3)c2C(N)=O)ccc1NS(=O)(=O)C(F)F)c1ccc(F)cc1. The third-order valence-electron chi connectivity index (χ3n) is 6.81. The summed E-state index contributed by atoms with van der Waals surface area (Å²) >= 11 is 0. The number of hydrogen-bond donors (Lipinski definition) is 4. The zero-order valence-corrected chi connectivity index (χ0v) is 23.5. The maximum absolute atomic E-state index is 13.4. The maximum atomic E-state index is 13.4. The fraction of sp³-hybridized carbons (Fsp3) is 0.296. The number of sulfonamides is 1. The summed E-state index contributed by atoms with van der Waals surface area (Å²) in [5, 5.41) is 13.8. The first-order valence-corrected chi connectivity index (χ1v) is 14.6. The van der Waals surface area contributed by atoms with Gasteiger partial charge in [0.05, 0.1) is 11.4 Å². The average molecular weight is 621 g/mol. The Hall–Kier alpha value is -4.57. The van der Waals surface area contributed by atoms with Crippen LogP contribution in [0.3, 0.4) is 0 Å². The molecule has 1 aliphatic rings. The van der Waals surface area contributed by atoms with Gasteiger partial charge < -0.3 is 25.0 Å². The summed E-state index contributed by atoms with van der Waals surface area (Å²) in [4.78, 5) is 12.6. The number of nitrogens with two attached hydrogens (primary N) is 1. The summed E-state index contributed by atoms with van der Waals surface area (Å²) in [5.74, 6) is -4.08. The molecule has 0 spiro atoms. The average Bonchev–Trinajstić information content (AvgIpc) is 3.62. The van der Waals surface area contributed by atoms with Crippen LogP contribution in [-0.2, 0) is 14.8 Å². The first kappa shape index (κ1) is 29.9. The van der Waals surface area contributed by atoms with Crippen molar-refractivity contribution in [2.24, 2.45) is 5.73 Å². The predicted octanol–water partition coefficient (Wildman–Crippen LogP) is 5.04. The van der Waals surface area contributed by atoms with E-state index in [1.165, 1.54) is 42.5 Å². The summed E-state index contributed by atoms with van der Waals surface area (Å²) in [7, 11) is -5.06. The van der Waals surface area contributed by atoms with Crippen LogP contribution in [0.2, 0.25) is 0 Å². The summed E-state index contributed by atoms with van der Waals surface area (Å²) in [6.45, 7) is 2.82. The molecule has 0 saturated carbocycles. The Morgan fingerprint density at radius 1 is 1.14 bits per heavy atom. The number of aromatic amines is 1. The van der Waals surface area contributed by atoms with Gasteiger partial charge in [0.15, 0.2) is 11.6 Å². The first-order chi connectivity index (χ1) is 20.5. The summed E-state index contributed by atoms with van der Waals surface area (Å²) < 4.78 is 82.2. The van der Waals surface area contributed by atoms with E-state index >= 15 is 0 Å². The summed E-state index contributed by atoms with van der Waals surface area (Å²) in [6.07, 6.45) is 0.792. The Labute approximate surface area is 243 Å². The van der Waals surface area contributed by atoms with Gasteiger partial charge in [-0.2, -0.15) is 13.9 Å². The zero-order chi connectivity index (χ0) is 30.7. The number of benzene rings is 2. The number of anilines is 3. The number of halogens is 3. The standard InChI is InChI=1S/C27H27F3N6O6S/c1-14(15-2-5-18(28)6-3-15)41-21-12-17(4-7-19(21)36-43(38,39)27(29)30)24-23(25(31)37)26(34-33-24)32-22-13-20(42-35-22)16-8-10-40-11-9-16/h2-7,12-14,16,27,36H,8-11H2,1H3,(H2,31,37)(H2,32,33,34,35). The minimum atomic E-state index is -5.06. The molecule has 0 bridgehead atoms. The molecule has 1 unspecified atom stereocenters. The quantitative estimate of drug-likeness (QED) is 0.179. The Kier molecular flexibility index (Phi) is 8.59. The van der Waals surface area contributed by atoms with Gasteiger partial charge >= 0.3 is 5.76 Å². The van der Waals surface area contributed by atoms with Crippen LogP contribution >= 0.6 is 0 Å². The van der Waals surface area contributed by atoms with Crippen molar-refractivity contribution < 1.29 is 40.4 Å². The van der Waals surface area contributed by atoms with Crippen LogP contribution in [0, 0.1) is 5.82 Å². The fourth-order valence-corrected chi connectivity index (χ4v) is 5.14. The van der Waals surface area contributed by atoms with Crippen LogP contribution < -0.4 is 20.5 Å². The lowest BCUT2D eigenvalue weighted by Crippen LogP contribution is -2.21. The van der Waals surface area contributed by atoms with Crippen LogP contribution in [0.1, 0.15) is 53.5 Å². The summed E-state index contributed by atoms with van der Waals surface area (Å²) in [5.41, 5.74) is 6.25. The molecule has 4 aromatic rings. The molecule has 0 radical (unpaired) electrons. The Morgan fingerprint density at radius 3 is 2.53 bits per heavy atom. The third kappa shape index (κ3) is 6.75. The Balaban J connectivity index is 1.47. The van der Waals surface area contributed by atoms with Crippen LogP contribution in [0.25, 0.3) is 11.3 Å². The van der Waals surface area contributed by atoms with Crippen LogP contribution in [0.5, 0.6) is 5.75 Å². The molecule has 3 heterocycles. The fourth-order valence-electron chi connectivity index (χ4n) is 4.58. The topological polar surface area (TPSA) is 174 Å². The van der Waals surface area contributed by atoms with Crippen molar-refractivity contribution in [3.8, 4) is 17.0 Å². The second kappa shape index (κ2) is 12.3. The Morgan fingerprint density at radius 2 is 1.86 bits per heavy atom. The number of alkyl halides is 2. The lowest BCUT2D eigenvalue weighted by atomic mass is 9.98. The molecule has 16 heteroatoms. The van der Waals surface area contributed by atoms with Gasteiger partial charge in [0.2, 0.25) is 0 Å². The number of nitrogens with zero attached hydrogens (tertiary/aromatic N) is 2. The second-order valence-corrected chi connectivity index (χ2v) is 11.4. The molecule has 5 N–H and O–H groups in total. The lowest BCUT2D eigenvalue weighted by Gasteiger charge is -2.19. The van der Waals surface area contributed by atoms with Gasteiger partial charge in [0.1, 0.15) is 29.0 Å². The molecule has 1 aliphatic heterocycles. The van der Waals surface area contributed by atoms with E-state index in [-0.39, 0.29) is 45.8 Å². The minimum absolute atomic E-state index is 0.0407. The normalized spacial score (nSPS) is 14.9. The number of carbonyl (C=O) groups is 1. The number of aromatic nitrogens is 3. The molecule has 2 aromatic carbocycles. The van der Waals surface area contributed by atoms with E-state index in [2.05, 4.69) is 20.7 Å². The van der Waals surface area contributed by atoms with E-state index < -0.39 is 33.6 Å². The van der Waals surface area contributed by atoms with Gasteiger partial charge in [-0.1, -0.05) is 23.4 Å². The van der Waals surface area contributed by atoms with Crippen molar-refractivity contribution in [3.63, 3.8) is 0 Å². The smallest absolute Gasteiger partial charge is 0.355 e. The van der Waals surface area contributed by atoms with Gasteiger partial charge in [-0.15, -0.1) is 0 Å². The van der Waals surface area contributed by atoms with Crippen LogP contribution in [-0.4, -0.2) is 48.7 Å². The molecule has 2 aromatic heterocycles. The Bertz CT molecular complexity index is 1700. The molecule has 0 aliphatic carbocycles. The number of rotatable bonds is 11. The number of hydrogen-bond acceptors (Lipinski definition) is 9. The molecule has 1 fully saturated rings. The number of primary amides is 1. The second-order valence-electron chi connectivity index (χ2n) is 9.74. The molecular weight excluding hydrogens is 593 g/mol. The minimum Gasteiger partial charge on any atom is -0.484 e. The van der Waals surface area contributed by atoms with Gasteiger partial charge in [-0.3, -0.25) is 14.6 Å². The van der Waals surface area contributed by atoms with Crippen molar-refractivity contribution in [2.45, 2.75) is 37.5 Å². The van der Waals surface area contributed by atoms with Crippen molar-refractivity contribution in [3.05, 3.63) is 71.2 Å². The highest BCUT2D eigenvalue weighted by Crippen LogP contribution is 2.37. The third-order valence-corrected chi connectivity index (χ3v) is 7.79. The van der Waals surface area contributed by atoms with Crippen molar-refractivity contribution in [2.75, 3.05) is 23.3 Å². The largest absolute Gasteiger partial charge is 0.484 e. The molecule has 228 valence electrons. The number of amides is 1. The monoisotopic (exact) mass is 620 g/mol. The van der Waals surface area contributed by atoms with E-state index in [1.54, 1.807) is 13.0 Å². The van der Waals surface area contributed by atoms with E-state index in [4.69, 9.17) is 19.7 Å². The van der Waals surface area contributed by atoms with Crippen molar-refractivity contribution in [1.82, 2.24) is 15.4 Å². The number of carbonyl (C=O) groups excluding carboxylic acids is 1. The highest BCUT2D eigenvalue weighted by molar-refractivity contribution is 7.93. The predicted molar refractivity (Wildman–Crippen MR) is 149 cm³/mol. The summed E-state index contributed by atoms with van der Waals surface area (Å²) in [6, 6.07) is 10.9. The zero-order valence-electron chi connectivity index (χ0n) is 22.6. The van der Waals surface area contributed by atoms with Crippen molar-refractivity contribution >= 4 is 33.3 Å². The van der Waals surface area contributed by atoms with Crippen LogP contribution in [0.15, 0.2) is 53.1 Å². The van der Waals surface area contributed by atoms with E-state index in [0.717, 1.165) is 12.8 Å². The van der Waals surface area contributed by atoms with Gasteiger partial charge in [-0.25, -0.2) is 12.8 Å². The maximum Gasteiger partial charge on any atom is 0.355 e.